The van der Waals surface area contributed by atoms with E-state index in [1.165, 1.54) is 12.1 Å². The number of aromatic nitrogens is 2. The molecule has 0 radical (unpaired) electrons. The number of carbonyl (C=O) groups excluding carboxylic acids is 1. The molecular weight excluding hydrogens is 539 g/mol. The number of carbonyl (C=O) groups is 1. The van der Waals surface area contributed by atoms with Crippen molar-refractivity contribution < 1.29 is 22.7 Å². The predicted molar refractivity (Wildman–Crippen MR) is 151 cm³/mol. The number of fused-ring (bicyclic) bond motifs is 2. The van der Waals surface area contributed by atoms with E-state index in [0.29, 0.717) is 27.8 Å². The minimum Gasteiger partial charge on any atom is -0.381 e. The first kappa shape index (κ1) is 25.8. The Morgan fingerprint density at radius 2 is 1.92 bits per heavy atom. The fourth-order valence-electron chi connectivity index (χ4n) is 5.22. The zero-order valence-electron chi connectivity index (χ0n) is 20.7. The summed E-state index contributed by atoms with van der Waals surface area (Å²) in [6.45, 7) is 0.317. The van der Waals surface area contributed by atoms with Crippen molar-refractivity contribution in [2.45, 2.75) is 23.3 Å². The average molecular weight is 565 g/mol. The Morgan fingerprint density at radius 1 is 1.15 bits per heavy atom. The number of nitrogens with two attached hydrogens (primary N) is 1. The number of aliphatic imine (C=N–C) groups is 1. The van der Waals surface area contributed by atoms with Crippen LogP contribution in [0.3, 0.4) is 0 Å². The number of aryl methyl sites for hydroxylation is 1. The number of thioether (sulfide) groups is 1. The first-order valence-corrected chi connectivity index (χ1v) is 15.0. The first-order valence-electron chi connectivity index (χ1n) is 12.3. The minimum atomic E-state index is -3.74. The average Bonchev–Trinajstić information content (AvgIpc) is 3.61. The van der Waals surface area contributed by atoms with Crippen LogP contribution in [0.15, 0.2) is 78.1 Å². The molecule has 2 unspecified atom stereocenters. The molecule has 0 bridgehead atoms. The van der Waals surface area contributed by atoms with Gasteiger partial charge in [-0.25, -0.2) is 17.9 Å². The third kappa shape index (κ3) is 4.76. The summed E-state index contributed by atoms with van der Waals surface area (Å²) in [6.07, 6.45) is 8.62. The van der Waals surface area contributed by atoms with Crippen molar-refractivity contribution in [2.75, 3.05) is 12.3 Å². The quantitative estimate of drug-likeness (QED) is 0.330. The van der Waals surface area contributed by atoms with Crippen molar-refractivity contribution in [3.63, 3.8) is 0 Å². The summed E-state index contributed by atoms with van der Waals surface area (Å²) in [6, 6.07) is 13.4. The SMILES string of the molecule is NS(=O)(=O)CCn1cc(C(=O)c2ccn3c2CSC3C2(O)C=CC=NC2)c2ccc(-c3ccc(F)cc3)cc21. The van der Waals surface area contributed by atoms with Crippen LogP contribution in [0, 0.1) is 5.82 Å². The second-order valence-corrected chi connectivity index (χ2v) is 12.6. The highest BCUT2D eigenvalue weighted by Gasteiger charge is 2.42. The molecule has 4 heterocycles. The van der Waals surface area contributed by atoms with Crippen LogP contribution in [-0.2, 0) is 22.3 Å². The highest BCUT2D eigenvalue weighted by Crippen LogP contribution is 2.46. The number of rotatable bonds is 7. The van der Waals surface area contributed by atoms with Gasteiger partial charge in [0.1, 0.15) is 16.8 Å². The zero-order chi connectivity index (χ0) is 27.4. The number of ketones is 1. The Hall–Kier alpha value is -3.51. The van der Waals surface area contributed by atoms with E-state index in [0.717, 1.165) is 16.8 Å². The summed E-state index contributed by atoms with van der Waals surface area (Å²) < 4.78 is 40.6. The van der Waals surface area contributed by atoms with Crippen LogP contribution in [0.1, 0.15) is 27.0 Å². The second-order valence-electron chi connectivity index (χ2n) is 9.76. The van der Waals surface area contributed by atoms with E-state index in [9.17, 15) is 22.7 Å². The number of dihydropyridines is 1. The summed E-state index contributed by atoms with van der Waals surface area (Å²) in [5.41, 5.74) is 2.91. The van der Waals surface area contributed by atoms with Crippen molar-refractivity contribution in [3.05, 3.63) is 95.7 Å². The van der Waals surface area contributed by atoms with Crippen molar-refractivity contribution in [3.8, 4) is 11.1 Å². The molecule has 2 aliphatic rings. The van der Waals surface area contributed by atoms with Gasteiger partial charge in [0.15, 0.2) is 5.78 Å². The highest BCUT2D eigenvalue weighted by molar-refractivity contribution is 7.98. The largest absolute Gasteiger partial charge is 0.381 e. The standard InChI is InChI=1S/C28H25FN4O4S2/c29-20-5-2-18(3-6-20)19-4-7-21-23(15-32(24(21)14-19)12-13-39(30,36)37)26(34)22-8-11-33-25(22)16-38-27(33)28(35)9-1-10-31-17-28/h1-11,14-15,27,35H,12-13,16-17H2,(H2,30,36,37). The van der Waals surface area contributed by atoms with Crippen LogP contribution in [0.4, 0.5) is 4.39 Å². The molecule has 0 saturated heterocycles. The summed E-state index contributed by atoms with van der Waals surface area (Å²) in [5.74, 6) is -0.274. The van der Waals surface area contributed by atoms with Gasteiger partial charge in [0.2, 0.25) is 10.0 Å². The number of primary sulfonamides is 1. The van der Waals surface area contributed by atoms with Crippen LogP contribution in [0.5, 0.6) is 0 Å². The molecule has 4 aromatic rings. The molecule has 6 rings (SSSR count). The maximum atomic E-state index is 13.9. The zero-order valence-corrected chi connectivity index (χ0v) is 22.3. The lowest BCUT2D eigenvalue weighted by atomic mass is 9.99. The molecule has 0 aliphatic carbocycles. The van der Waals surface area contributed by atoms with Gasteiger partial charge in [-0.2, -0.15) is 0 Å². The first-order chi connectivity index (χ1) is 18.6. The van der Waals surface area contributed by atoms with Gasteiger partial charge in [0.25, 0.3) is 0 Å². The summed E-state index contributed by atoms with van der Waals surface area (Å²) in [5, 5.41) is 16.8. The predicted octanol–water partition coefficient (Wildman–Crippen LogP) is 3.89. The van der Waals surface area contributed by atoms with Gasteiger partial charge >= 0.3 is 0 Å². The lowest BCUT2D eigenvalue weighted by molar-refractivity contribution is 0.0774. The van der Waals surface area contributed by atoms with Gasteiger partial charge in [-0.05, 0) is 47.5 Å². The molecule has 0 spiro atoms. The van der Waals surface area contributed by atoms with Crippen molar-refractivity contribution in [1.29, 1.82) is 0 Å². The van der Waals surface area contributed by atoms with Crippen LogP contribution >= 0.6 is 11.8 Å². The van der Waals surface area contributed by atoms with Crippen LogP contribution in [0.25, 0.3) is 22.0 Å². The molecule has 0 fully saturated rings. The number of aliphatic hydroxyl groups is 1. The van der Waals surface area contributed by atoms with Gasteiger partial charge in [0, 0.05) is 58.6 Å². The maximum absolute atomic E-state index is 13.9. The number of nitrogens with zero attached hydrogens (tertiary/aromatic N) is 3. The van der Waals surface area contributed by atoms with E-state index >= 15 is 0 Å². The smallest absolute Gasteiger partial charge is 0.210 e. The Balaban J connectivity index is 1.40. The third-order valence-electron chi connectivity index (χ3n) is 7.17. The Morgan fingerprint density at radius 3 is 2.64 bits per heavy atom. The van der Waals surface area contributed by atoms with E-state index in [4.69, 9.17) is 5.14 Å². The van der Waals surface area contributed by atoms with Crippen molar-refractivity contribution in [2.24, 2.45) is 10.1 Å². The third-order valence-corrected chi connectivity index (χ3v) is 9.31. The Kier molecular flexibility index (Phi) is 6.34. The summed E-state index contributed by atoms with van der Waals surface area (Å²) in [4.78, 5) is 18.1. The number of hydrogen-bond acceptors (Lipinski definition) is 6. The summed E-state index contributed by atoms with van der Waals surface area (Å²) >= 11 is 1.55. The van der Waals surface area contributed by atoms with E-state index in [1.807, 2.05) is 29.0 Å². The van der Waals surface area contributed by atoms with E-state index in [-0.39, 0.29) is 35.8 Å². The van der Waals surface area contributed by atoms with Gasteiger partial charge in [-0.1, -0.05) is 24.3 Å². The van der Waals surface area contributed by atoms with E-state index in [1.54, 1.807) is 59.1 Å². The molecule has 200 valence electrons. The van der Waals surface area contributed by atoms with Gasteiger partial charge in [0.05, 0.1) is 12.3 Å². The number of allylic oxidation sites excluding steroid dienone is 1. The molecule has 11 heteroatoms. The van der Waals surface area contributed by atoms with Gasteiger partial charge < -0.3 is 14.2 Å². The lowest BCUT2D eigenvalue weighted by Gasteiger charge is -2.31. The normalized spacial score (nSPS) is 20.5. The van der Waals surface area contributed by atoms with E-state index in [2.05, 4.69) is 4.99 Å². The monoisotopic (exact) mass is 564 g/mol. The molecular formula is C28H25FN4O4S2. The Labute approximate surface area is 228 Å². The molecule has 2 aromatic carbocycles. The molecule has 0 saturated carbocycles. The highest BCUT2D eigenvalue weighted by atomic mass is 32.2. The topological polar surface area (TPSA) is 120 Å². The van der Waals surface area contributed by atoms with Crippen LogP contribution < -0.4 is 5.14 Å². The van der Waals surface area contributed by atoms with Gasteiger partial charge in [-0.15, -0.1) is 11.8 Å². The maximum Gasteiger partial charge on any atom is 0.210 e. The fourth-order valence-corrected chi connectivity index (χ4v) is 7.09. The number of halogens is 1. The van der Waals surface area contributed by atoms with Crippen molar-refractivity contribution in [1.82, 2.24) is 9.13 Å². The molecule has 2 atom stereocenters. The molecule has 8 nitrogen and oxygen atoms in total. The van der Waals surface area contributed by atoms with Gasteiger partial charge in [-0.3, -0.25) is 9.79 Å². The summed E-state index contributed by atoms with van der Waals surface area (Å²) in [7, 11) is -3.74. The number of hydrogen-bond donors (Lipinski definition) is 2. The molecule has 0 amide bonds. The molecule has 39 heavy (non-hydrogen) atoms. The number of sulfonamides is 1. The van der Waals surface area contributed by atoms with E-state index < -0.39 is 15.6 Å². The second kappa shape index (κ2) is 9.60. The lowest BCUT2D eigenvalue weighted by Crippen LogP contribution is -2.38. The number of benzene rings is 2. The molecule has 3 N–H and O–H groups in total. The van der Waals surface area contributed by atoms with Crippen molar-refractivity contribution >= 4 is 44.7 Å². The Bertz CT molecular complexity index is 1770. The molecule has 2 aromatic heterocycles. The van der Waals surface area contributed by atoms with Crippen LogP contribution in [0.2, 0.25) is 0 Å². The molecule has 2 aliphatic heterocycles. The fraction of sp³-hybridized carbons (Fsp3) is 0.214. The minimum absolute atomic E-state index is 0.0706. The van der Waals surface area contributed by atoms with Crippen LogP contribution in [-0.4, -0.2) is 52.6 Å².